The SMILES string of the molecule is COCC(C)N(C)CC(C)(C#N)NC(C)C. The van der Waals surface area contributed by atoms with E-state index in [2.05, 4.69) is 23.2 Å². The van der Waals surface area contributed by atoms with Crippen molar-refractivity contribution in [2.24, 2.45) is 0 Å². The van der Waals surface area contributed by atoms with Crippen LogP contribution in [-0.4, -0.2) is 49.8 Å². The van der Waals surface area contributed by atoms with Crippen LogP contribution >= 0.6 is 0 Å². The highest BCUT2D eigenvalue weighted by Gasteiger charge is 2.27. The lowest BCUT2D eigenvalue weighted by molar-refractivity contribution is 0.103. The average molecular weight is 227 g/mol. The largest absolute Gasteiger partial charge is 0.383 e. The fraction of sp³-hybridized carbons (Fsp3) is 0.917. The van der Waals surface area contributed by atoms with Gasteiger partial charge in [-0.3, -0.25) is 10.2 Å². The van der Waals surface area contributed by atoms with E-state index < -0.39 is 5.54 Å². The molecule has 94 valence electrons. The van der Waals surface area contributed by atoms with E-state index in [1.54, 1.807) is 7.11 Å². The number of hydrogen-bond donors (Lipinski definition) is 1. The van der Waals surface area contributed by atoms with Gasteiger partial charge >= 0.3 is 0 Å². The molecule has 0 aliphatic rings. The van der Waals surface area contributed by atoms with Crippen molar-refractivity contribution < 1.29 is 4.74 Å². The number of ether oxygens (including phenoxy) is 1. The van der Waals surface area contributed by atoms with Crippen LogP contribution in [0.2, 0.25) is 0 Å². The van der Waals surface area contributed by atoms with Crippen molar-refractivity contribution >= 4 is 0 Å². The van der Waals surface area contributed by atoms with Crippen molar-refractivity contribution in [3.63, 3.8) is 0 Å². The van der Waals surface area contributed by atoms with Gasteiger partial charge in [-0.05, 0) is 34.7 Å². The molecule has 4 heteroatoms. The molecule has 0 aliphatic heterocycles. The number of rotatable bonds is 7. The van der Waals surface area contributed by atoms with Gasteiger partial charge < -0.3 is 4.74 Å². The van der Waals surface area contributed by atoms with E-state index >= 15 is 0 Å². The van der Waals surface area contributed by atoms with E-state index in [-0.39, 0.29) is 0 Å². The maximum Gasteiger partial charge on any atom is 0.116 e. The smallest absolute Gasteiger partial charge is 0.116 e. The standard InChI is InChI=1S/C12H25N3O/c1-10(2)14-12(4,8-13)9-15(5)11(3)7-16-6/h10-11,14H,7,9H2,1-6H3. The molecular weight excluding hydrogens is 202 g/mol. The van der Waals surface area contributed by atoms with Crippen LogP contribution in [0, 0.1) is 11.3 Å². The van der Waals surface area contributed by atoms with Gasteiger partial charge in [0.2, 0.25) is 0 Å². The second-order valence-electron chi connectivity index (χ2n) is 4.96. The van der Waals surface area contributed by atoms with Gasteiger partial charge in [-0.15, -0.1) is 0 Å². The van der Waals surface area contributed by atoms with E-state index in [0.717, 1.165) is 0 Å². The summed E-state index contributed by atoms with van der Waals surface area (Å²) in [5.74, 6) is 0. The molecule has 0 aromatic rings. The summed E-state index contributed by atoms with van der Waals surface area (Å²) in [6.07, 6.45) is 0. The molecule has 2 atom stereocenters. The Morgan fingerprint density at radius 3 is 2.38 bits per heavy atom. The van der Waals surface area contributed by atoms with Crippen molar-refractivity contribution in [2.45, 2.75) is 45.3 Å². The first-order valence-corrected chi connectivity index (χ1v) is 5.72. The predicted octanol–water partition coefficient (Wildman–Crippen LogP) is 1.23. The Bertz CT molecular complexity index is 237. The molecule has 0 saturated carbocycles. The van der Waals surface area contributed by atoms with Gasteiger partial charge in [0.1, 0.15) is 5.54 Å². The Morgan fingerprint density at radius 1 is 1.44 bits per heavy atom. The molecule has 0 bridgehead atoms. The van der Waals surface area contributed by atoms with Crippen LogP contribution in [0.1, 0.15) is 27.7 Å². The van der Waals surface area contributed by atoms with Gasteiger partial charge in [0, 0.05) is 25.7 Å². The molecule has 0 rings (SSSR count). The number of likely N-dealkylation sites (N-methyl/N-ethyl adjacent to an activating group) is 1. The van der Waals surface area contributed by atoms with Crippen LogP contribution in [-0.2, 0) is 4.74 Å². The van der Waals surface area contributed by atoms with Crippen molar-refractivity contribution in [3.05, 3.63) is 0 Å². The quantitative estimate of drug-likeness (QED) is 0.711. The number of hydrogen-bond acceptors (Lipinski definition) is 4. The molecule has 1 N–H and O–H groups in total. The van der Waals surface area contributed by atoms with Gasteiger partial charge in [0.05, 0.1) is 12.7 Å². The summed E-state index contributed by atoms with van der Waals surface area (Å²) >= 11 is 0. The summed E-state index contributed by atoms with van der Waals surface area (Å²) in [6.45, 7) is 9.49. The zero-order chi connectivity index (χ0) is 12.8. The molecule has 0 amide bonds. The highest BCUT2D eigenvalue weighted by atomic mass is 16.5. The molecule has 0 heterocycles. The zero-order valence-corrected chi connectivity index (χ0v) is 11.4. The van der Waals surface area contributed by atoms with Gasteiger partial charge in [-0.25, -0.2) is 0 Å². The first-order valence-electron chi connectivity index (χ1n) is 5.72. The van der Waals surface area contributed by atoms with Crippen LogP contribution in [0.15, 0.2) is 0 Å². The highest BCUT2D eigenvalue weighted by Crippen LogP contribution is 2.08. The summed E-state index contributed by atoms with van der Waals surface area (Å²) in [5.41, 5.74) is -0.509. The van der Waals surface area contributed by atoms with E-state index in [1.165, 1.54) is 0 Å². The Labute approximate surface area is 99.6 Å². The highest BCUT2D eigenvalue weighted by molar-refractivity contribution is 5.06. The normalized spacial score (nSPS) is 17.2. The molecule has 16 heavy (non-hydrogen) atoms. The maximum atomic E-state index is 9.22. The predicted molar refractivity (Wildman–Crippen MR) is 66.3 cm³/mol. The minimum Gasteiger partial charge on any atom is -0.383 e. The number of nitriles is 1. The molecule has 0 aromatic heterocycles. The molecule has 0 spiro atoms. The van der Waals surface area contributed by atoms with E-state index in [4.69, 9.17) is 4.74 Å². The zero-order valence-electron chi connectivity index (χ0n) is 11.4. The lowest BCUT2D eigenvalue weighted by Gasteiger charge is -2.33. The van der Waals surface area contributed by atoms with Gasteiger partial charge in [0.25, 0.3) is 0 Å². The van der Waals surface area contributed by atoms with Crippen LogP contribution in [0.3, 0.4) is 0 Å². The Morgan fingerprint density at radius 2 is 2.00 bits per heavy atom. The minimum absolute atomic E-state index is 0.302. The number of methoxy groups -OCH3 is 1. The second-order valence-corrected chi connectivity index (χ2v) is 4.96. The van der Waals surface area contributed by atoms with Crippen LogP contribution in [0.5, 0.6) is 0 Å². The van der Waals surface area contributed by atoms with E-state index in [9.17, 15) is 5.26 Å². The van der Waals surface area contributed by atoms with Crippen molar-refractivity contribution in [2.75, 3.05) is 27.3 Å². The Balaban J connectivity index is 4.36. The third kappa shape index (κ3) is 5.45. The molecule has 0 saturated heterocycles. The number of nitrogens with one attached hydrogen (secondary N) is 1. The van der Waals surface area contributed by atoms with Crippen LogP contribution in [0.4, 0.5) is 0 Å². The molecular formula is C12H25N3O. The average Bonchev–Trinajstić information content (AvgIpc) is 2.16. The first-order chi connectivity index (χ1) is 7.34. The lowest BCUT2D eigenvalue weighted by atomic mass is 10.0. The number of nitrogens with zero attached hydrogens (tertiary/aromatic N) is 2. The molecule has 0 aliphatic carbocycles. The van der Waals surface area contributed by atoms with Crippen LogP contribution in [0.25, 0.3) is 0 Å². The van der Waals surface area contributed by atoms with Gasteiger partial charge in [0.15, 0.2) is 0 Å². The van der Waals surface area contributed by atoms with E-state index in [1.807, 2.05) is 27.8 Å². The summed E-state index contributed by atoms with van der Waals surface area (Å²) < 4.78 is 5.11. The lowest BCUT2D eigenvalue weighted by Crippen LogP contribution is -2.54. The molecule has 2 unspecified atom stereocenters. The summed E-state index contributed by atoms with van der Waals surface area (Å²) in [7, 11) is 3.71. The van der Waals surface area contributed by atoms with Crippen molar-refractivity contribution in [1.82, 2.24) is 10.2 Å². The second kappa shape index (κ2) is 6.85. The fourth-order valence-corrected chi connectivity index (χ4v) is 1.77. The van der Waals surface area contributed by atoms with Gasteiger partial charge in [-0.2, -0.15) is 5.26 Å². The molecule has 0 radical (unpaired) electrons. The van der Waals surface area contributed by atoms with Gasteiger partial charge in [-0.1, -0.05) is 0 Å². The van der Waals surface area contributed by atoms with Crippen molar-refractivity contribution in [3.8, 4) is 6.07 Å². The van der Waals surface area contributed by atoms with Crippen molar-refractivity contribution in [1.29, 1.82) is 5.26 Å². The first kappa shape index (κ1) is 15.4. The molecule has 0 fully saturated rings. The Kier molecular flexibility index (Phi) is 6.58. The maximum absolute atomic E-state index is 9.22. The summed E-state index contributed by atoms with van der Waals surface area (Å²) in [4.78, 5) is 2.14. The van der Waals surface area contributed by atoms with Crippen LogP contribution < -0.4 is 5.32 Å². The fourth-order valence-electron chi connectivity index (χ4n) is 1.77. The third-order valence-electron chi connectivity index (χ3n) is 2.58. The minimum atomic E-state index is -0.509. The molecule has 0 aromatic carbocycles. The topological polar surface area (TPSA) is 48.3 Å². The summed E-state index contributed by atoms with van der Waals surface area (Å²) in [6, 6.07) is 2.96. The summed E-state index contributed by atoms with van der Waals surface area (Å²) in [5, 5.41) is 12.5. The molecule has 4 nitrogen and oxygen atoms in total. The Hall–Kier alpha value is -0.630. The van der Waals surface area contributed by atoms with E-state index in [0.29, 0.717) is 25.2 Å². The monoisotopic (exact) mass is 227 g/mol. The third-order valence-corrected chi connectivity index (χ3v) is 2.58.